The van der Waals surface area contributed by atoms with E-state index in [2.05, 4.69) is 42.4 Å². The minimum absolute atomic E-state index is 0.0357. The fraction of sp³-hybridized carbons (Fsp3) is 0.143. The van der Waals surface area contributed by atoms with E-state index in [1.54, 1.807) is 6.21 Å². The van der Waals surface area contributed by atoms with Crippen LogP contribution in [0.4, 0.5) is 0 Å². The zero-order chi connectivity index (χ0) is 20.1. The van der Waals surface area contributed by atoms with E-state index >= 15 is 0 Å². The molecule has 0 aromatic heterocycles. The Kier molecular flexibility index (Phi) is 6.70. The van der Waals surface area contributed by atoms with E-state index in [1.165, 1.54) is 12.1 Å². The highest BCUT2D eigenvalue weighted by Gasteiger charge is 2.12. The van der Waals surface area contributed by atoms with E-state index in [4.69, 9.17) is 4.74 Å². The van der Waals surface area contributed by atoms with Gasteiger partial charge in [0.15, 0.2) is 0 Å². The Morgan fingerprint density at radius 3 is 2.61 bits per heavy atom. The number of fused-ring (bicyclic) bond motifs is 1. The number of carbonyl (C=O) groups excluding carboxylic acids is 1. The Bertz CT molecular complexity index is 1030. The standard InChI is InChI=1S/C21H18Br2N2O3/c1-2-9-28-19-8-7-13-5-3-4-6-15(13)16(19)12-24-25-21(27)14-10-17(22)20(26)18(23)11-14/h3-8,10-12,26H,2,9H2,1H3,(H,25,27)/b24-12-. The van der Waals surface area contributed by atoms with Gasteiger partial charge in [0.1, 0.15) is 11.5 Å². The number of rotatable bonds is 6. The molecule has 7 heteroatoms. The van der Waals surface area contributed by atoms with Crippen molar-refractivity contribution in [3.63, 3.8) is 0 Å². The SMILES string of the molecule is CCCOc1ccc2ccccc2c1/C=N\NC(=O)c1cc(Br)c(O)c(Br)c1. The lowest BCUT2D eigenvalue weighted by molar-refractivity contribution is 0.0955. The summed E-state index contributed by atoms with van der Waals surface area (Å²) in [5, 5.41) is 15.9. The molecule has 0 spiro atoms. The van der Waals surface area contributed by atoms with Gasteiger partial charge in [-0.1, -0.05) is 37.3 Å². The molecule has 0 saturated heterocycles. The monoisotopic (exact) mass is 504 g/mol. The predicted molar refractivity (Wildman–Crippen MR) is 118 cm³/mol. The summed E-state index contributed by atoms with van der Waals surface area (Å²) < 4.78 is 6.67. The van der Waals surface area contributed by atoms with Gasteiger partial charge in [0.2, 0.25) is 0 Å². The van der Waals surface area contributed by atoms with Crippen LogP contribution in [-0.2, 0) is 0 Å². The number of aromatic hydroxyl groups is 1. The van der Waals surface area contributed by atoms with Crippen LogP contribution in [0.5, 0.6) is 11.5 Å². The number of carbonyl (C=O) groups is 1. The van der Waals surface area contributed by atoms with Gasteiger partial charge in [0.05, 0.1) is 21.8 Å². The number of hydrogen-bond acceptors (Lipinski definition) is 4. The van der Waals surface area contributed by atoms with E-state index in [1.807, 2.05) is 43.3 Å². The van der Waals surface area contributed by atoms with Gasteiger partial charge in [-0.15, -0.1) is 0 Å². The fourth-order valence-electron chi connectivity index (χ4n) is 2.66. The first-order valence-corrected chi connectivity index (χ1v) is 10.3. The minimum Gasteiger partial charge on any atom is -0.506 e. The van der Waals surface area contributed by atoms with Crippen LogP contribution in [0.3, 0.4) is 0 Å². The molecule has 3 aromatic rings. The highest BCUT2D eigenvalue weighted by molar-refractivity contribution is 9.11. The topological polar surface area (TPSA) is 70.9 Å². The van der Waals surface area contributed by atoms with Crippen molar-refractivity contribution in [2.24, 2.45) is 5.10 Å². The van der Waals surface area contributed by atoms with Gasteiger partial charge in [-0.3, -0.25) is 4.79 Å². The third-order valence-electron chi connectivity index (χ3n) is 4.03. The molecule has 0 unspecified atom stereocenters. The maximum atomic E-state index is 12.4. The van der Waals surface area contributed by atoms with Gasteiger partial charge >= 0.3 is 0 Å². The van der Waals surface area contributed by atoms with Crippen LogP contribution < -0.4 is 10.2 Å². The molecular weight excluding hydrogens is 488 g/mol. The van der Waals surface area contributed by atoms with Crippen molar-refractivity contribution in [2.45, 2.75) is 13.3 Å². The number of amides is 1. The summed E-state index contributed by atoms with van der Waals surface area (Å²) in [5.74, 6) is 0.358. The largest absolute Gasteiger partial charge is 0.506 e. The van der Waals surface area contributed by atoms with Crippen molar-refractivity contribution in [2.75, 3.05) is 6.61 Å². The molecular formula is C21H18Br2N2O3. The molecule has 0 fully saturated rings. The van der Waals surface area contributed by atoms with Crippen molar-refractivity contribution in [3.05, 3.63) is 68.6 Å². The highest BCUT2D eigenvalue weighted by Crippen LogP contribution is 2.33. The first-order chi connectivity index (χ1) is 13.5. The average molecular weight is 506 g/mol. The number of ether oxygens (including phenoxy) is 1. The molecule has 0 aliphatic carbocycles. The number of hydrazone groups is 1. The molecule has 144 valence electrons. The Morgan fingerprint density at radius 2 is 1.89 bits per heavy atom. The van der Waals surface area contributed by atoms with Crippen LogP contribution in [0.25, 0.3) is 10.8 Å². The lowest BCUT2D eigenvalue weighted by atomic mass is 10.0. The Balaban J connectivity index is 1.87. The van der Waals surface area contributed by atoms with Crippen molar-refractivity contribution >= 4 is 54.8 Å². The van der Waals surface area contributed by atoms with Gasteiger partial charge in [-0.25, -0.2) is 5.43 Å². The van der Waals surface area contributed by atoms with Gasteiger partial charge < -0.3 is 9.84 Å². The van der Waals surface area contributed by atoms with Crippen LogP contribution in [0, 0.1) is 0 Å². The number of halogens is 2. The Labute approximate surface area is 179 Å². The van der Waals surface area contributed by atoms with E-state index < -0.39 is 5.91 Å². The molecule has 0 atom stereocenters. The summed E-state index contributed by atoms with van der Waals surface area (Å²) in [7, 11) is 0. The summed E-state index contributed by atoms with van der Waals surface area (Å²) in [4.78, 5) is 12.4. The smallest absolute Gasteiger partial charge is 0.271 e. The van der Waals surface area contributed by atoms with Crippen molar-refractivity contribution in [3.8, 4) is 11.5 Å². The molecule has 0 saturated carbocycles. The summed E-state index contributed by atoms with van der Waals surface area (Å²) in [6.07, 6.45) is 2.49. The van der Waals surface area contributed by atoms with Crippen LogP contribution in [0.1, 0.15) is 29.3 Å². The van der Waals surface area contributed by atoms with Crippen molar-refractivity contribution in [1.29, 1.82) is 0 Å². The molecule has 3 rings (SSSR count). The summed E-state index contributed by atoms with van der Waals surface area (Å²) >= 11 is 6.43. The molecule has 2 N–H and O–H groups in total. The maximum Gasteiger partial charge on any atom is 0.271 e. The van der Waals surface area contributed by atoms with Crippen molar-refractivity contribution < 1.29 is 14.6 Å². The van der Waals surface area contributed by atoms with Gasteiger partial charge in [0.25, 0.3) is 5.91 Å². The fourth-order valence-corrected chi connectivity index (χ4v) is 3.85. The molecule has 28 heavy (non-hydrogen) atoms. The third-order valence-corrected chi connectivity index (χ3v) is 5.24. The summed E-state index contributed by atoms with van der Waals surface area (Å²) in [5.41, 5.74) is 3.68. The quantitative estimate of drug-likeness (QED) is 0.337. The first-order valence-electron chi connectivity index (χ1n) is 8.67. The zero-order valence-corrected chi connectivity index (χ0v) is 18.2. The third kappa shape index (κ3) is 4.54. The predicted octanol–water partition coefficient (Wildman–Crippen LogP) is 5.62. The van der Waals surface area contributed by atoms with Crippen LogP contribution in [0.2, 0.25) is 0 Å². The second-order valence-corrected chi connectivity index (χ2v) is 7.74. The van der Waals surface area contributed by atoms with Crippen LogP contribution in [-0.4, -0.2) is 23.8 Å². The zero-order valence-electron chi connectivity index (χ0n) is 15.1. The van der Waals surface area contributed by atoms with Gasteiger partial charge in [-0.2, -0.15) is 5.10 Å². The van der Waals surface area contributed by atoms with Crippen LogP contribution >= 0.6 is 31.9 Å². The second-order valence-electron chi connectivity index (χ2n) is 6.03. The second kappa shape index (κ2) is 9.21. The van der Waals surface area contributed by atoms with E-state index in [-0.39, 0.29) is 5.75 Å². The first kappa shape index (κ1) is 20.4. The van der Waals surface area contributed by atoms with Gasteiger partial charge in [-0.05, 0) is 67.3 Å². The van der Waals surface area contributed by atoms with E-state index in [0.717, 1.165) is 22.8 Å². The number of phenolic OH excluding ortho intramolecular Hbond substituents is 1. The molecule has 5 nitrogen and oxygen atoms in total. The van der Waals surface area contributed by atoms with Crippen LogP contribution in [0.15, 0.2) is 62.6 Å². The molecule has 3 aromatic carbocycles. The normalized spacial score (nSPS) is 11.1. The minimum atomic E-state index is -0.395. The van der Waals surface area contributed by atoms with Gasteiger partial charge in [0, 0.05) is 11.1 Å². The highest BCUT2D eigenvalue weighted by atomic mass is 79.9. The number of nitrogens with one attached hydrogen (secondary N) is 1. The summed E-state index contributed by atoms with van der Waals surface area (Å²) in [6, 6.07) is 14.9. The average Bonchev–Trinajstić information content (AvgIpc) is 2.70. The molecule has 0 bridgehead atoms. The maximum absolute atomic E-state index is 12.4. The number of nitrogens with zero attached hydrogens (tertiary/aromatic N) is 1. The molecule has 0 radical (unpaired) electrons. The number of benzene rings is 3. The molecule has 0 heterocycles. The molecule has 0 aliphatic heterocycles. The molecule has 0 aliphatic rings. The number of phenols is 1. The lowest BCUT2D eigenvalue weighted by Crippen LogP contribution is -2.17. The van der Waals surface area contributed by atoms with E-state index in [9.17, 15) is 9.90 Å². The lowest BCUT2D eigenvalue weighted by Gasteiger charge is -2.11. The Hall–Kier alpha value is -2.38. The number of hydrogen-bond donors (Lipinski definition) is 2. The summed E-state index contributed by atoms with van der Waals surface area (Å²) in [6.45, 7) is 2.64. The molecule has 1 amide bonds. The Morgan fingerprint density at radius 1 is 1.18 bits per heavy atom. The van der Waals surface area contributed by atoms with Crippen molar-refractivity contribution in [1.82, 2.24) is 5.43 Å². The van der Waals surface area contributed by atoms with E-state index in [0.29, 0.717) is 26.9 Å².